The number of aliphatic imine (C=N–C) groups is 1. The minimum atomic E-state index is 0.298. The molecule has 0 aliphatic heterocycles. The van der Waals surface area contributed by atoms with Gasteiger partial charge in [0.25, 0.3) is 0 Å². The SMILES string of the molecule is COc1cc(C=Nc2sc3c(c2C#N)CCCC3)ccc1OCc1ccc(Cl)cc1Cl. The number of hydrogen-bond acceptors (Lipinski definition) is 5. The average molecular weight is 471 g/mol. The zero-order chi connectivity index (χ0) is 21.8. The second-order valence-corrected chi connectivity index (χ2v) is 9.12. The number of thiophene rings is 1. The predicted octanol–water partition coefficient (Wildman–Crippen LogP) is 7.14. The van der Waals surface area contributed by atoms with Gasteiger partial charge >= 0.3 is 0 Å². The van der Waals surface area contributed by atoms with Crippen LogP contribution in [0.3, 0.4) is 0 Å². The van der Waals surface area contributed by atoms with Crippen molar-refractivity contribution in [3.63, 3.8) is 0 Å². The summed E-state index contributed by atoms with van der Waals surface area (Å²) in [6.45, 7) is 0.298. The summed E-state index contributed by atoms with van der Waals surface area (Å²) in [5.41, 5.74) is 3.62. The number of nitriles is 1. The van der Waals surface area contributed by atoms with Gasteiger partial charge in [-0.15, -0.1) is 11.3 Å². The molecule has 1 aromatic heterocycles. The third-order valence-electron chi connectivity index (χ3n) is 5.18. The summed E-state index contributed by atoms with van der Waals surface area (Å²) in [7, 11) is 1.60. The lowest BCUT2D eigenvalue weighted by Gasteiger charge is -2.12. The van der Waals surface area contributed by atoms with E-state index in [4.69, 9.17) is 32.7 Å². The molecule has 3 aromatic rings. The van der Waals surface area contributed by atoms with E-state index in [1.165, 1.54) is 16.9 Å². The van der Waals surface area contributed by atoms with Crippen molar-refractivity contribution in [1.82, 2.24) is 0 Å². The molecule has 4 nitrogen and oxygen atoms in total. The van der Waals surface area contributed by atoms with Gasteiger partial charge in [-0.25, -0.2) is 4.99 Å². The van der Waals surface area contributed by atoms with E-state index in [0.29, 0.717) is 28.2 Å². The molecule has 1 heterocycles. The molecule has 0 bridgehead atoms. The Balaban J connectivity index is 1.52. The maximum atomic E-state index is 9.60. The first-order valence-electron chi connectivity index (χ1n) is 9.92. The van der Waals surface area contributed by atoms with E-state index in [1.54, 1.807) is 36.8 Å². The van der Waals surface area contributed by atoms with Crippen LogP contribution in [0.5, 0.6) is 11.5 Å². The molecule has 158 valence electrons. The Morgan fingerprint density at radius 1 is 1.13 bits per heavy atom. The highest BCUT2D eigenvalue weighted by molar-refractivity contribution is 7.16. The van der Waals surface area contributed by atoms with Gasteiger partial charge in [0.2, 0.25) is 0 Å². The van der Waals surface area contributed by atoms with Gasteiger partial charge in [-0.2, -0.15) is 5.26 Å². The fraction of sp³-hybridized carbons (Fsp3) is 0.250. The van der Waals surface area contributed by atoms with Crippen LogP contribution in [0.25, 0.3) is 0 Å². The summed E-state index contributed by atoms with van der Waals surface area (Å²) in [4.78, 5) is 5.92. The Kier molecular flexibility index (Phi) is 6.82. The monoisotopic (exact) mass is 470 g/mol. The van der Waals surface area contributed by atoms with Crippen molar-refractivity contribution in [3.05, 3.63) is 73.6 Å². The van der Waals surface area contributed by atoms with E-state index in [0.717, 1.165) is 41.0 Å². The quantitative estimate of drug-likeness (QED) is 0.359. The summed E-state index contributed by atoms with van der Waals surface area (Å²) in [6.07, 6.45) is 6.10. The number of benzene rings is 2. The zero-order valence-electron chi connectivity index (χ0n) is 17.0. The molecule has 31 heavy (non-hydrogen) atoms. The smallest absolute Gasteiger partial charge is 0.161 e. The number of methoxy groups -OCH3 is 1. The van der Waals surface area contributed by atoms with Gasteiger partial charge in [-0.05, 0) is 67.1 Å². The highest BCUT2D eigenvalue weighted by Gasteiger charge is 2.20. The minimum absolute atomic E-state index is 0.298. The third kappa shape index (κ3) is 4.88. The van der Waals surface area contributed by atoms with E-state index in [9.17, 15) is 5.26 Å². The van der Waals surface area contributed by atoms with Crippen LogP contribution in [0.15, 0.2) is 41.4 Å². The van der Waals surface area contributed by atoms with Crippen LogP contribution < -0.4 is 9.47 Å². The largest absolute Gasteiger partial charge is 0.493 e. The number of ether oxygens (including phenoxy) is 2. The van der Waals surface area contributed by atoms with Gasteiger partial charge in [0.15, 0.2) is 11.5 Å². The molecule has 2 aromatic carbocycles. The van der Waals surface area contributed by atoms with E-state index < -0.39 is 0 Å². The zero-order valence-corrected chi connectivity index (χ0v) is 19.3. The van der Waals surface area contributed by atoms with Crippen LogP contribution >= 0.6 is 34.5 Å². The van der Waals surface area contributed by atoms with Crippen molar-refractivity contribution in [2.24, 2.45) is 4.99 Å². The predicted molar refractivity (Wildman–Crippen MR) is 127 cm³/mol. The fourth-order valence-corrected chi connectivity index (χ4v) is 5.22. The van der Waals surface area contributed by atoms with Crippen molar-refractivity contribution >= 4 is 45.8 Å². The first-order chi connectivity index (χ1) is 15.1. The molecular weight excluding hydrogens is 451 g/mol. The number of fused-ring (bicyclic) bond motifs is 1. The molecule has 4 rings (SSSR count). The summed E-state index contributed by atoms with van der Waals surface area (Å²) >= 11 is 13.8. The van der Waals surface area contributed by atoms with Crippen LogP contribution in [-0.4, -0.2) is 13.3 Å². The molecule has 1 aliphatic rings. The first-order valence-corrected chi connectivity index (χ1v) is 11.5. The normalized spacial score (nSPS) is 13.1. The molecular formula is C24H20Cl2N2O2S. The Labute approximate surface area is 195 Å². The molecule has 0 spiro atoms. The fourth-order valence-electron chi connectivity index (χ4n) is 3.57. The maximum absolute atomic E-state index is 9.60. The Bertz CT molecular complexity index is 1180. The first kappa shape index (κ1) is 21.7. The molecule has 0 amide bonds. The van der Waals surface area contributed by atoms with Gasteiger partial charge < -0.3 is 9.47 Å². The van der Waals surface area contributed by atoms with Crippen LogP contribution in [0, 0.1) is 11.3 Å². The Morgan fingerprint density at radius 2 is 1.97 bits per heavy atom. The van der Waals surface area contributed by atoms with E-state index in [2.05, 4.69) is 11.1 Å². The van der Waals surface area contributed by atoms with Crippen molar-refractivity contribution in [1.29, 1.82) is 5.26 Å². The van der Waals surface area contributed by atoms with Gasteiger partial charge in [0, 0.05) is 26.7 Å². The number of nitrogens with zero attached hydrogens (tertiary/aromatic N) is 2. The Morgan fingerprint density at radius 3 is 2.74 bits per heavy atom. The molecule has 0 fully saturated rings. The molecule has 0 unspecified atom stereocenters. The van der Waals surface area contributed by atoms with Gasteiger partial charge in [0.05, 0.1) is 12.7 Å². The lowest BCUT2D eigenvalue weighted by molar-refractivity contribution is 0.284. The molecule has 7 heteroatoms. The topological polar surface area (TPSA) is 54.6 Å². The molecule has 0 radical (unpaired) electrons. The van der Waals surface area contributed by atoms with E-state index in [1.807, 2.05) is 24.3 Å². The summed E-state index contributed by atoms with van der Waals surface area (Å²) < 4.78 is 11.4. The van der Waals surface area contributed by atoms with Crippen LogP contribution in [0.1, 0.15) is 40.0 Å². The average Bonchev–Trinajstić information content (AvgIpc) is 3.15. The molecule has 0 atom stereocenters. The third-order valence-corrected chi connectivity index (χ3v) is 6.97. The highest BCUT2D eigenvalue weighted by atomic mass is 35.5. The van der Waals surface area contributed by atoms with Gasteiger partial charge in [0.1, 0.15) is 17.7 Å². The highest BCUT2D eigenvalue weighted by Crippen LogP contribution is 2.39. The summed E-state index contributed by atoms with van der Waals surface area (Å²) in [6, 6.07) is 13.3. The molecule has 0 N–H and O–H groups in total. The number of halogens is 2. The van der Waals surface area contributed by atoms with E-state index in [-0.39, 0.29) is 0 Å². The van der Waals surface area contributed by atoms with Gasteiger partial charge in [-0.3, -0.25) is 0 Å². The second kappa shape index (κ2) is 9.74. The van der Waals surface area contributed by atoms with Crippen molar-refractivity contribution in [3.8, 4) is 17.6 Å². The van der Waals surface area contributed by atoms with Crippen molar-refractivity contribution in [2.75, 3.05) is 7.11 Å². The summed E-state index contributed by atoms with van der Waals surface area (Å²) in [5, 5.41) is 11.5. The van der Waals surface area contributed by atoms with E-state index >= 15 is 0 Å². The Hall–Kier alpha value is -2.52. The second-order valence-electron chi connectivity index (χ2n) is 7.20. The van der Waals surface area contributed by atoms with Crippen molar-refractivity contribution in [2.45, 2.75) is 32.3 Å². The molecule has 1 aliphatic carbocycles. The lowest BCUT2D eigenvalue weighted by Crippen LogP contribution is -1.99. The van der Waals surface area contributed by atoms with Crippen LogP contribution in [0.4, 0.5) is 5.00 Å². The number of hydrogen-bond donors (Lipinski definition) is 0. The lowest BCUT2D eigenvalue weighted by atomic mass is 9.96. The van der Waals surface area contributed by atoms with Crippen molar-refractivity contribution < 1.29 is 9.47 Å². The number of aryl methyl sites for hydroxylation is 1. The number of rotatable bonds is 6. The molecule has 0 saturated carbocycles. The van der Waals surface area contributed by atoms with Gasteiger partial charge in [-0.1, -0.05) is 29.3 Å². The molecule has 0 saturated heterocycles. The van der Waals surface area contributed by atoms with Crippen LogP contribution in [-0.2, 0) is 19.4 Å². The van der Waals surface area contributed by atoms with Crippen LogP contribution in [0.2, 0.25) is 10.0 Å². The maximum Gasteiger partial charge on any atom is 0.161 e. The summed E-state index contributed by atoms with van der Waals surface area (Å²) in [5.74, 6) is 1.20. The standard InChI is InChI=1S/C24H20Cl2N2O2S/c1-29-22-10-15(6-9-21(22)30-14-16-7-8-17(25)11-20(16)26)13-28-24-19(12-27)18-4-2-3-5-23(18)31-24/h6-11,13H,2-5,14H2,1H3. The minimum Gasteiger partial charge on any atom is -0.493 e.